The minimum absolute atomic E-state index is 0.0107. The number of furan rings is 1. The largest absolute Gasteiger partial charge is 0.464 e. The summed E-state index contributed by atoms with van der Waals surface area (Å²) in [5, 5.41) is 5.99. The number of rotatable bonds is 4. The smallest absolute Gasteiger partial charge is 0.355 e. The number of ether oxygens (including phenoxy) is 1. The SMILES string of the molecule is COC(=O)C1=C(C(=O)c2ccco2)[C@H](c2ccccc2)NC(=S)N1. The van der Waals surface area contributed by atoms with Crippen molar-refractivity contribution in [2.45, 2.75) is 6.04 Å². The molecule has 1 aromatic carbocycles. The van der Waals surface area contributed by atoms with Gasteiger partial charge in [0.15, 0.2) is 10.9 Å². The number of methoxy groups -OCH3 is 1. The quantitative estimate of drug-likeness (QED) is 0.500. The first kappa shape index (κ1) is 15.9. The van der Waals surface area contributed by atoms with E-state index in [-0.39, 0.29) is 22.1 Å². The number of benzene rings is 1. The third-order valence-corrected chi connectivity index (χ3v) is 3.80. The van der Waals surface area contributed by atoms with E-state index in [1.807, 2.05) is 30.3 Å². The molecule has 24 heavy (non-hydrogen) atoms. The van der Waals surface area contributed by atoms with E-state index in [0.717, 1.165) is 5.56 Å². The van der Waals surface area contributed by atoms with Crippen LogP contribution in [0.1, 0.15) is 22.2 Å². The molecule has 0 spiro atoms. The predicted molar refractivity (Wildman–Crippen MR) is 90.1 cm³/mol. The van der Waals surface area contributed by atoms with Crippen LogP contribution in [0, 0.1) is 0 Å². The second-order valence-electron chi connectivity index (χ2n) is 5.03. The Labute approximate surface area is 143 Å². The molecule has 0 saturated carbocycles. The zero-order valence-electron chi connectivity index (χ0n) is 12.7. The van der Waals surface area contributed by atoms with Gasteiger partial charge in [-0.05, 0) is 29.9 Å². The van der Waals surface area contributed by atoms with Gasteiger partial charge in [0.2, 0.25) is 5.78 Å². The van der Waals surface area contributed by atoms with Crippen LogP contribution in [0.25, 0.3) is 0 Å². The molecule has 3 rings (SSSR count). The van der Waals surface area contributed by atoms with E-state index in [2.05, 4.69) is 10.6 Å². The van der Waals surface area contributed by atoms with Gasteiger partial charge in [-0.1, -0.05) is 30.3 Å². The number of nitrogens with one attached hydrogen (secondary N) is 2. The molecule has 0 saturated heterocycles. The summed E-state index contributed by atoms with van der Waals surface area (Å²) < 4.78 is 9.99. The molecule has 7 heteroatoms. The van der Waals surface area contributed by atoms with Crippen molar-refractivity contribution >= 4 is 29.1 Å². The van der Waals surface area contributed by atoms with E-state index in [9.17, 15) is 9.59 Å². The molecule has 0 amide bonds. The van der Waals surface area contributed by atoms with E-state index in [1.165, 1.54) is 13.4 Å². The second-order valence-corrected chi connectivity index (χ2v) is 5.44. The van der Waals surface area contributed by atoms with Gasteiger partial charge in [0, 0.05) is 0 Å². The number of carbonyl (C=O) groups is 2. The van der Waals surface area contributed by atoms with Gasteiger partial charge in [0.05, 0.1) is 25.0 Å². The molecule has 6 nitrogen and oxygen atoms in total. The molecule has 0 radical (unpaired) electrons. The Morgan fingerprint density at radius 2 is 1.92 bits per heavy atom. The Bertz CT molecular complexity index is 812. The monoisotopic (exact) mass is 342 g/mol. The van der Waals surface area contributed by atoms with Gasteiger partial charge in [0.1, 0.15) is 5.70 Å². The third kappa shape index (κ3) is 2.93. The van der Waals surface area contributed by atoms with Crippen LogP contribution in [0.3, 0.4) is 0 Å². The highest BCUT2D eigenvalue weighted by atomic mass is 32.1. The molecule has 1 aliphatic rings. The van der Waals surface area contributed by atoms with Crippen LogP contribution >= 0.6 is 12.2 Å². The standard InChI is InChI=1S/C17H14N2O4S/c1-22-16(21)14-12(15(20)11-8-5-9-23-11)13(18-17(24)19-14)10-6-3-2-4-7-10/h2-9,13H,1H3,(H2,18,19,24)/t13-/m0/s1. The normalized spacial score (nSPS) is 17.0. The molecular weight excluding hydrogens is 328 g/mol. The molecule has 0 unspecified atom stereocenters. The van der Waals surface area contributed by atoms with Crippen LogP contribution in [0.5, 0.6) is 0 Å². The number of esters is 1. The summed E-state index contributed by atoms with van der Waals surface area (Å²) in [7, 11) is 1.24. The average molecular weight is 342 g/mol. The Hall–Kier alpha value is -2.93. The van der Waals surface area contributed by atoms with Crippen LogP contribution in [-0.2, 0) is 9.53 Å². The molecule has 0 aliphatic carbocycles. The predicted octanol–water partition coefficient (Wildman–Crippen LogP) is 2.11. The maximum Gasteiger partial charge on any atom is 0.355 e. The number of hydrogen-bond acceptors (Lipinski definition) is 5. The van der Waals surface area contributed by atoms with Crippen LogP contribution in [0.2, 0.25) is 0 Å². The van der Waals surface area contributed by atoms with Gasteiger partial charge < -0.3 is 19.8 Å². The zero-order chi connectivity index (χ0) is 17.1. The van der Waals surface area contributed by atoms with Gasteiger partial charge in [-0.15, -0.1) is 0 Å². The highest BCUT2D eigenvalue weighted by Gasteiger charge is 2.36. The average Bonchev–Trinajstić information content (AvgIpc) is 3.15. The van der Waals surface area contributed by atoms with Gasteiger partial charge in [-0.25, -0.2) is 4.79 Å². The minimum atomic E-state index is -0.672. The molecule has 0 fully saturated rings. The highest BCUT2D eigenvalue weighted by molar-refractivity contribution is 7.80. The second kappa shape index (κ2) is 6.67. The minimum Gasteiger partial charge on any atom is -0.464 e. The Morgan fingerprint density at radius 3 is 2.54 bits per heavy atom. The first-order valence-electron chi connectivity index (χ1n) is 7.15. The fourth-order valence-corrected chi connectivity index (χ4v) is 2.73. The Balaban J connectivity index is 2.17. The van der Waals surface area contributed by atoms with E-state index < -0.39 is 17.8 Å². The molecule has 1 aromatic heterocycles. The molecule has 2 heterocycles. The summed E-state index contributed by atoms with van der Waals surface area (Å²) in [6.45, 7) is 0. The molecule has 122 valence electrons. The fraction of sp³-hybridized carbons (Fsp3) is 0.118. The molecule has 1 aliphatic heterocycles. The molecule has 2 aromatic rings. The summed E-state index contributed by atoms with van der Waals surface area (Å²) >= 11 is 5.17. The number of thiocarbonyl (C=S) groups is 1. The van der Waals surface area contributed by atoms with Crippen LogP contribution < -0.4 is 10.6 Å². The lowest BCUT2D eigenvalue weighted by atomic mass is 9.91. The van der Waals surface area contributed by atoms with E-state index in [0.29, 0.717) is 0 Å². The van der Waals surface area contributed by atoms with Gasteiger partial charge in [-0.2, -0.15) is 0 Å². The third-order valence-electron chi connectivity index (χ3n) is 3.58. The lowest BCUT2D eigenvalue weighted by molar-refractivity contribution is -0.136. The first-order valence-corrected chi connectivity index (χ1v) is 7.55. The molecule has 2 N–H and O–H groups in total. The number of Topliss-reactive ketones (excluding diaryl/α,β-unsaturated/α-hetero) is 1. The Morgan fingerprint density at radius 1 is 1.17 bits per heavy atom. The Kier molecular flexibility index (Phi) is 4.43. The summed E-state index contributed by atoms with van der Waals surface area (Å²) in [6, 6.07) is 11.8. The zero-order valence-corrected chi connectivity index (χ0v) is 13.6. The van der Waals surface area contributed by atoms with Crippen molar-refractivity contribution in [1.82, 2.24) is 10.6 Å². The van der Waals surface area contributed by atoms with Crippen molar-refractivity contribution in [2.75, 3.05) is 7.11 Å². The van der Waals surface area contributed by atoms with Gasteiger partial charge >= 0.3 is 5.97 Å². The van der Waals surface area contributed by atoms with E-state index in [1.54, 1.807) is 12.1 Å². The maximum absolute atomic E-state index is 12.9. The van der Waals surface area contributed by atoms with E-state index in [4.69, 9.17) is 21.4 Å². The van der Waals surface area contributed by atoms with Crippen LogP contribution in [0.4, 0.5) is 0 Å². The summed E-state index contributed by atoms with van der Waals surface area (Å²) in [6.07, 6.45) is 1.40. The summed E-state index contributed by atoms with van der Waals surface area (Å²) in [4.78, 5) is 25.1. The van der Waals surface area contributed by atoms with Crippen molar-refractivity contribution in [3.05, 3.63) is 71.3 Å². The van der Waals surface area contributed by atoms with Crippen molar-refractivity contribution in [3.63, 3.8) is 0 Å². The van der Waals surface area contributed by atoms with Crippen molar-refractivity contribution in [3.8, 4) is 0 Å². The molecular formula is C17H14N2O4S. The van der Waals surface area contributed by atoms with Crippen LogP contribution in [0.15, 0.2) is 64.4 Å². The summed E-state index contributed by atoms with van der Waals surface area (Å²) in [5.41, 5.74) is 0.991. The van der Waals surface area contributed by atoms with Crippen molar-refractivity contribution in [1.29, 1.82) is 0 Å². The molecule has 0 bridgehead atoms. The first-order chi connectivity index (χ1) is 11.6. The summed E-state index contributed by atoms with van der Waals surface area (Å²) in [5.74, 6) is -0.963. The number of carbonyl (C=O) groups excluding carboxylic acids is 2. The lowest BCUT2D eigenvalue weighted by Crippen LogP contribution is -2.47. The molecule has 1 atom stereocenters. The van der Waals surface area contributed by atoms with E-state index >= 15 is 0 Å². The van der Waals surface area contributed by atoms with Crippen LogP contribution in [-0.4, -0.2) is 24.0 Å². The lowest BCUT2D eigenvalue weighted by Gasteiger charge is -2.30. The fourth-order valence-electron chi connectivity index (χ4n) is 2.51. The topological polar surface area (TPSA) is 80.6 Å². The maximum atomic E-state index is 12.9. The van der Waals surface area contributed by atoms with Gasteiger partial charge in [-0.3, -0.25) is 4.79 Å². The van der Waals surface area contributed by atoms with Crippen molar-refractivity contribution in [2.24, 2.45) is 0 Å². The van der Waals surface area contributed by atoms with Crippen molar-refractivity contribution < 1.29 is 18.7 Å². The van der Waals surface area contributed by atoms with Gasteiger partial charge in [0.25, 0.3) is 0 Å². The number of hydrogen-bond donors (Lipinski definition) is 2. The highest BCUT2D eigenvalue weighted by Crippen LogP contribution is 2.30. The number of ketones is 1.